The van der Waals surface area contributed by atoms with Crippen molar-refractivity contribution < 1.29 is 33.5 Å². The highest BCUT2D eigenvalue weighted by atomic mass is 16.5. The number of carbonyl (C=O) groups is 6. The summed E-state index contributed by atoms with van der Waals surface area (Å²) in [5.74, 6) is 2.07. The summed E-state index contributed by atoms with van der Waals surface area (Å²) in [7, 11) is 2.00. The zero-order valence-electron chi connectivity index (χ0n) is 63.2. The summed E-state index contributed by atoms with van der Waals surface area (Å²) in [5.41, 5.74) is 26.7. The third-order valence-corrected chi connectivity index (χ3v) is 21.5. The largest absolute Gasteiger partial charge is 0.382 e. The van der Waals surface area contributed by atoms with E-state index in [0.717, 1.165) is 32.4 Å². The average Bonchev–Trinajstić information content (AvgIpc) is 1.61. The number of nitrogens with two attached hydrogens (primary N) is 3. The third kappa shape index (κ3) is 16.4. The van der Waals surface area contributed by atoms with Crippen molar-refractivity contribution in [3.8, 4) is 33.8 Å². The molecule has 9 aromatic heterocycles. The second-order valence-corrected chi connectivity index (χ2v) is 29.2. The van der Waals surface area contributed by atoms with Crippen molar-refractivity contribution in [1.29, 1.82) is 0 Å². The number of ether oxygens (including phenoxy) is 1. The number of nitrogens with zero attached hydrogens (tertiary/aromatic N) is 17. The molecule has 4 aliphatic rings. The molecular weight excluding hydrogens is 1460 g/mol. The van der Waals surface area contributed by atoms with Crippen LogP contribution in [-0.4, -0.2) is 191 Å². The van der Waals surface area contributed by atoms with Gasteiger partial charge in [-0.1, -0.05) is 72.8 Å². The highest BCUT2D eigenvalue weighted by Crippen LogP contribution is 2.43. The Morgan fingerprint density at radius 2 is 0.870 bits per heavy atom. The number of carbonyl (C=O) groups excluding carboxylic acids is 6. The number of hydrogen-bond acceptors (Lipinski definition) is 21. The fourth-order valence-corrected chi connectivity index (χ4v) is 16.0. The molecule has 5 atom stereocenters. The third-order valence-electron chi connectivity index (χ3n) is 21.5. The van der Waals surface area contributed by atoms with Crippen LogP contribution in [0.25, 0.3) is 50.3 Å². The number of imidazole rings is 3. The number of amides is 6. The molecule has 30 nitrogen and oxygen atoms in total. The first-order valence-corrected chi connectivity index (χ1v) is 38.4. The molecule has 3 aromatic carbocycles. The minimum Gasteiger partial charge on any atom is -0.382 e. The Morgan fingerprint density at radius 3 is 1.31 bits per heavy atom. The van der Waals surface area contributed by atoms with E-state index >= 15 is 4.79 Å². The fourth-order valence-electron chi connectivity index (χ4n) is 16.0. The number of likely N-dealkylation sites (N-methyl/N-ethyl adjacent to an activating group) is 1. The van der Waals surface area contributed by atoms with E-state index in [2.05, 4.69) is 55.7 Å². The predicted octanol–water partition coefficient (Wildman–Crippen LogP) is 10.1. The monoisotopic (exact) mass is 1540 g/mol. The quantitative estimate of drug-likeness (QED) is 0.0229. The van der Waals surface area contributed by atoms with Crippen LogP contribution < -0.4 is 33.2 Å². The lowest BCUT2D eigenvalue weighted by Gasteiger charge is -2.23. The Bertz CT molecular complexity index is 5670. The van der Waals surface area contributed by atoms with Gasteiger partial charge in [-0.05, 0) is 137 Å². The van der Waals surface area contributed by atoms with E-state index in [4.69, 9.17) is 36.9 Å². The number of nitrogens with one attached hydrogen (secondary N) is 3. The van der Waals surface area contributed by atoms with Crippen LogP contribution in [-0.2, 0) is 19.1 Å². The second-order valence-electron chi connectivity index (χ2n) is 29.2. The Hall–Kier alpha value is -13.7. The molecule has 4 saturated heterocycles. The van der Waals surface area contributed by atoms with Crippen molar-refractivity contribution in [3.63, 3.8) is 0 Å². The zero-order valence-corrected chi connectivity index (χ0v) is 63.2. The van der Waals surface area contributed by atoms with Gasteiger partial charge in [0.05, 0.1) is 31.3 Å². The van der Waals surface area contributed by atoms with Gasteiger partial charge in [-0.2, -0.15) is 0 Å². The SMILES string of the molecule is CN(CC=CC(=O)N1CC(COCC=CC(=O)N2CCCC2c2nc(-c3ccc(C(=O)Nc4ccccn4)cc3)c3c(N)nccn23)CC1c1nc(-c2ccc(C(=O)Nc3ccccn3)cc2)c2c(N)nccn12)CC1CC(c2nc(-c3ccc(C(=O)Nc4ccccn4)cc3)c3c(N)nccn23)N(C(=O)C=CCN2CCCC2)C1. The molecule has 0 spiro atoms. The Labute approximate surface area is 661 Å². The maximum Gasteiger partial charge on any atom is 0.256 e. The number of nitrogen functional groups attached to an aromatic ring is 3. The summed E-state index contributed by atoms with van der Waals surface area (Å²) in [4.78, 5) is 136. The number of anilines is 6. The van der Waals surface area contributed by atoms with E-state index in [1.54, 1.807) is 176 Å². The molecule has 16 rings (SSSR count). The van der Waals surface area contributed by atoms with Crippen LogP contribution in [0.1, 0.15) is 105 Å². The first kappa shape index (κ1) is 75.3. The molecule has 0 bridgehead atoms. The van der Waals surface area contributed by atoms with E-state index < -0.39 is 18.1 Å². The molecule has 115 heavy (non-hydrogen) atoms. The van der Waals surface area contributed by atoms with Gasteiger partial charge in [-0.25, -0.2) is 44.9 Å². The standard InChI is InChI=1S/C85H85N23O7/c1-101(50-54-48-63(107(51-54)70(111)19-12-42-102-40-8-9-41-102)81-99-72(75-78(87)93-37-45-105(75)81)57-23-29-60(30-24-57)84(113)96-66-16-3-6-34-90-66)39-11-18-69(110)108-52-55(49-64(108)82-100-73(76-79(88)94-38-46-106(76)82)58-25-31-61(32-26-58)85(114)97-67-17-4-7-35-91-67)53-115-47-13-20-68(109)103-43-10-14-62(103)80-98-71(74-77(86)92-36-44-104(74)80)56-21-27-59(28-22-56)83(112)95-65-15-2-5-33-89-65/h2-7,11-13,15-38,44-46,54-55,62-64H,8-10,14,39-43,47-53H2,1H3,(H2,86,92)(H2,87,93)(H2,88,94)(H,89,95,112)(H,90,96,113)(H,91,97,114). The normalized spacial score (nSPS) is 17.9. The maximum absolute atomic E-state index is 15.1. The van der Waals surface area contributed by atoms with Gasteiger partial charge < -0.3 is 57.5 Å². The van der Waals surface area contributed by atoms with Gasteiger partial charge in [0.25, 0.3) is 17.7 Å². The van der Waals surface area contributed by atoms with E-state index in [1.807, 2.05) is 72.7 Å². The first-order valence-electron chi connectivity index (χ1n) is 38.4. The van der Waals surface area contributed by atoms with Gasteiger partial charge >= 0.3 is 0 Å². The van der Waals surface area contributed by atoms with Crippen molar-refractivity contribution in [2.24, 2.45) is 11.8 Å². The Balaban J connectivity index is 0.619. The number of pyridine rings is 3. The molecule has 5 unspecified atom stereocenters. The summed E-state index contributed by atoms with van der Waals surface area (Å²) >= 11 is 0. The van der Waals surface area contributed by atoms with Gasteiger partial charge in [0.15, 0.2) is 0 Å². The van der Waals surface area contributed by atoms with Crippen molar-refractivity contribution in [2.75, 3.05) is 106 Å². The van der Waals surface area contributed by atoms with Gasteiger partial charge in [-0.15, -0.1) is 0 Å². The molecule has 9 N–H and O–H groups in total. The van der Waals surface area contributed by atoms with Gasteiger partial charge in [-0.3, -0.25) is 46.9 Å². The van der Waals surface area contributed by atoms with Crippen molar-refractivity contribution in [2.45, 2.75) is 56.7 Å². The predicted molar refractivity (Wildman–Crippen MR) is 435 cm³/mol. The maximum atomic E-state index is 15.1. The van der Waals surface area contributed by atoms with Gasteiger partial charge in [0.1, 0.15) is 86.0 Å². The number of fused-ring (bicyclic) bond motifs is 3. The van der Waals surface area contributed by atoms with Crippen LogP contribution in [0.4, 0.5) is 34.9 Å². The summed E-state index contributed by atoms with van der Waals surface area (Å²) in [6.45, 7) is 5.20. The minimum atomic E-state index is -0.578. The van der Waals surface area contributed by atoms with Crippen LogP contribution in [0.2, 0.25) is 0 Å². The van der Waals surface area contributed by atoms with Crippen LogP contribution >= 0.6 is 0 Å². The smallest absolute Gasteiger partial charge is 0.256 e. The van der Waals surface area contributed by atoms with Crippen LogP contribution in [0.3, 0.4) is 0 Å². The number of rotatable bonds is 25. The number of hydrogen-bond donors (Lipinski definition) is 6. The van der Waals surface area contributed by atoms with E-state index in [9.17, 15) is 24.0 Å². The molecule has 12 aromatic rings. The molecule has 13 heterocycles. The molecule has 6 amide bonds. The second kappa shape index (κ2) is 33.7. The van der Waals surface area contributed by atoms with Crippen LogP contribution in [0.15, 0.2) is 220 Å². The van der Waals surface area contributed by atoms with E-state index in [1.165, 1.54) is 6.08 Å². The van der Waals surface area contributed by atoms with E-state index in [-0.39, 0.29) is 77.9 Å². The molecule has 30 heteroatoms. The minimum absolute atomic E-state index is 0.0190. The molecule has 582 valence electrons. The van der Waals surface area contributed by atoms with Gasteiger partial charge in [0, 0.05) is 153 Å². The highest BCUT2D eigenvalue weighted by Gasteiger charge is 2.42. The fraction of sp³-hybridized carbons (Fsp3) is 0.259. The lowest BCUT2D eigenvalue weighted by Crippen LogP contribution is -2.33. The summed E-state index contributed by atoms with van der Waals surface area (Å²) in [5, 5.41) is 8.49. The number of benzene rings is 3. The molecule has 0 radical (unpaired) electrons. The lowest BCUT2D eigenvalue weighted by molar-refractivity contribution is -0.128. The topological polar surface area (TPSA) is 371 Å². The van der Waals surface area contributed by atoms with Crippen LogP contribution in [0, 0.1) is 11.8 Å². The van der Waals surface area contributed by atoms with Crippen molar-refractivity contribution >= 4 is 86.9 Å². The molecule has 4 aliphatic heterocycles. The molecular formula is C85H85N23O7. The molecule has 0 saturated carbocycles. The lowest BCUT2D eigenvalue weighted by atomic mass is 10.0. The Morgan fingerprint density at radius 1 is 0.461 bits per heavy atom. The molecule has 4 fully saturated rings. The van der Waals surface area contributed by atoms with Crippen molar-refractivity contribution in [1.82, 2.24) is 82.6 Å². The summed E-state index contributed by atoms with van der Waals surface area (Å²) < 4.78 is 12.1. The zero-order chi connectivity index (χ0) is 79.1. The number of aromatic nitrogens is 12. The number of likely N-dealkylation sites (tertiary alicyclic amines) is 4. The van der Waals surface area contributed by atoms with E-state index in [0.29, 0.717) is 160 Å². The molecule has 0 aliphatic carbocycles. The summed E-state index contributed by atoms with van der Waals surface area (Å²) in [6.07, 6.45) is 30.1. The van der Waals surface area contributed by atoms with Crippen molar-refractivity contribution in [3.05, 3.63) is 254 Å². The van der Waals surface area contributed by atoms with Gasteiger partial charge in [0.2, 0.25) is 17.7 Å². The summed E-state index contributed by atoms with van der Waals surface area (Å²) in [6, 6.07) is 35.6. The van der Waals surface area contributed by atoms with Crippen LogP contribution in [0.5, 0.6) is 0 Å². The Kier molecular flexibility index (Phi) is 22.1. The highest BCUT2D eigenvalue weighted by molar-refractivity contribution is 6.06. The first-order chi connectivity index (χ1) is 56.1. The average molecular weight is 1540 g/mol.